The Morgan fingerprint density at radius 1 is 0.880 bits per heavy atom. The van der Waals surface area contributed by atoms with Gasteiger partial charge in [0.15, 0.2) is 5.75 Å². The third-order valence-corrected chi connectivity index (χ3v) is 8.37. The van der Waals surface area contributed by atoms with Crippen LogP contribution in [0.2, 0.25) is 0 Å². The van der Waals surface area contributed by atoms with Crippen LogP contribution in [0.3, 0.4) is 0 Å². The number of anilines is 5. The molecule has 0 saturated carbocycles. The average Bonchev–Trinajstić information content (AvgIpc) is 3.04. The SMILES string of the molecule is CCc1cc(Nc2cc(Oc3ccc(NC(=O)Nc4cc(C(C)(C)C)cc(NS(C)(=O)=O)c4OC)c4ccccc34)ccn2)ccc1C(=O)O. The van der Waals surface area contributed by atoms with Gasteiger partial charge < -0.3 is 30.5 Å². The van der Waals surface area contributed by atoms with Crippen LogP contribution in [0.1, 0.15) is 49.2 Å². The molecule has 13 heteroatoms. The highest BCUT2D eigenvalue weighted by Crippen LogP contribution is 2.40. The average molecular weight is 698 g/mol. The number of nitrogens with zero attached hydrogens (tertiary/aromatic N) is 1. The lowest BCUT2D eigenvalue weighted by molar-refractivity contribution is 0.0695. The molecule has 0 atom stereocenters. The number of urea groups is 1. The largest absolute Gasteiger partial charge is 0.492 e. The van der Waals surface area contributed by atoms with Crippen LogP contribution in [0.5, 0.6) is 17.2 Å². The Kier molecular flexibility index (Phi) is 10.2. The molecular formula is C37H39N5O7S. The van der Waals surface area contributed by atoms with Crippen molar-refractivity contribution in [1.82, 2.24) is 4.98 Å². The lowest BCUT2D eigenvalue weighted by Gasteiger charge is -2.24. The number of hydrogen-bond donors (Lipinski definition) is 5. The van der Waals surface area contributed by atoms with Crippen molar-refractivity contribution in [2.75, 3.05) is 34.0 Å². The molecule has 0 fully saturated rings. The number of methoxy groups -OCH3 is 1. The molecule has 4 aromatic carbocycles. The number of aromatic nitrogens is 1. The standard InChI is InChI=1S/C37H39N5O7S/c1-7-22-18-24(12-13-26(22)35(43)44)39-33-21-25(16-17-38-33)49-32-15-14-29(27-10-8-9-11-28(27)32)40-36(45)41-30-19-23(37(2,3)4)20-31(34(30)48-5)42-50(6,46)47/h8-21,42H,7H2,1-6H3,(H,38,39)(H,43,44)(H2,40,41,45). The van der Waals surface area contributed by atoms with Crippen LogP contribution in [0.15, 0.2) is 85.1 Å². The number of aryl methyl sites for hydroxylation is 1. The van der Waals surface area contributed by atoms with E-state index in [0.29, 0.717) is 51.7 Å². The summed E-state index contributed by atoms with van der Waals surface area (Å²) in [5.41, 5.74) is 3.09. The van der Waals surface area contributed by atoms with Gasteiger partial charge in [0, 0.05) is 28.7 Å². The summed E-state index contributed by atoms with van der Waals surface area (Å²) in [5, 5.41) is 19.8. The first-order chi connectivity index (χ1) is 23.6. The minimum Gasteiger partial charge on any atom is -0.492 e. The first-order valence-corrected chi connectivity index (χ1v) is 17.6. The van der Waals surface area contributed by atoms with Gasteiger partial charge in [-0.1, -0.05) is 52.0 Å². The number of carbonyl (C=O) groups excluding carboxylic acids is 1. The molecule has 5 aromatic rings. The summed E-state index contributed by atoms with van der Waals surface area (Å²) < 4.78 is 38.5. The van der Waals surface area contributed by atoms with Gasteiger partial charge in [-0.05, 0) is 71.5 Å². The van der Waals surface area contributed by atoms with Gasteiger partial charge in [-0.2, -0.15) is 0 Å². The molecule has 12 nitrogen and oxygen atoms in total. The number of aromatic carboxylic acids is 1. The number of fused-ring (bicyclic) bond motifs is 1. The molecule has 0 radical (unpaired) electrons. The van der Waals surface area contributed by atoms with Gasteiger partial charge >= 0.3 is 12.0 Å². The monoisotopic (exact) mass is 697 g/mol. The summed E-state index contributed by atoms with van der Waals surface area (Å²) in [6.07, 6.45) is 3.22. The topological polar surface area (TPSA) is 168 Å². The van der Waals surface area contributed by atoms with E-state index in [-0.39, 0.29) is 22.4 Å². The number of carbonyl (C=O) groups is 2. The third-order valence-electron chi connectivity index (χ3n) is 7.78. The number of ether oxygens (including phenoxy) is 2. The Morgan fingerprint density at radius 3 is 2.24 bits per heavy atom. The Bertz CT molecular complexity index is 2200. The normalized spacial score (nSPS) is 11.5. The molecule has 1 heterocycles. The van der Waals surface area contributed by atoms with E-state index in [1.165, 1.54) is 7.11 Å². The smallest absolute Gasteiger partial charge is 0.335 e. The van der Waals surface area contributed by atoms with Crippen molar-refractivity contribution in [2.24, 2.45) is 0 Å². The van der Waals surface area contributed by atoms with Crippen LogP contribution >= 0.6 is 0 Å². The Hall–Kier alpha value is -5.82. The van der Waals surface area contributed by atoms with Crippen molar-refractivity contribution < 1.29 is 32.6 Å². The van der Waals surface area contributed by atoms with Crippen LogP contribution in [0.4, 0.5) is 33.4 Å². The van der Waals surface area contributed by atoms with Gasteiger partial charge in [-0.25, -0.2) is 23.0 Å². The highest BCUT2D eigenvalue weighted by atomic mass is 32.2. The fourth-order valence-electron chi connectivity index (χ4n) is 5.39. The summed E-state index contributed by atoms with van der Waals surface area (Å²) in [6, 6.07) is 22.3. The first-order valence-electron chi connectivity index (χ1n) is 15.7. The molecule has 2 amide bonds. The molecule has 5 rings (SSSR count). The van der Waals surface area contributed by atoms with Crippen molar-refractivity contribution in [2.45, 2.75) is 39.5 Å². The van der Waals surface area contributed by atoms with Crippen LogP contribution < -0.4 is 30.1 Å². The lowest BCUT2D eigenvalue weighted by Crippen LogP contribution is -2.22. The van der Waals surface area contributed by atoms with Crippen molar-refractivity contribution in [3.63, 3.8) is 0 Å². The van der Waals surface area contributed by atoms with E-state index in [1.54, 1.807) is 60.8 Å². The molecule has 0 aliphatic carbocycles. The van der Waals surface area contributed by atoms with Gasteiger partial charge in [0.2, 0.25) is 10.0 Å². The predicted octanol–water partition coefficient (Wildman–Crippen LogP) is 8.35. The second kappa shape index (κ2) is 14.3. The van der Waals surface area contributed by atoms with Crippen molar-refractivity contribution in [3.8, 4) is 17.2 Å². The van der Waals surface area contributed by atoms with E-state index in [2.05, 4.69) is 25.7 Å². The van der Waals surface area contributed by atoms with E-state index < -0.39 is 22.0 Å². The number of hydrogen-bond acceptors (Lipinski definition) is 8. The fraction of sp³-hybridized carbons (Fsp3) is 0.216. The number of carboxylic acids is 1. The highest BCUT2D eigenvalue weighted by Gasteiger charge is 2.22. The zero-order chi connectivity index (χ0) is 36.2. The first kappa shape index (κ1) is 35.5. The van der Waals surface area contributed by atoms with Crippen LogP contribution in [0, 0.1) is 0 Å². The zero-order valence-corrected chi connectivity index (χ0v) is 29.4. The maximum absolute atomic E-state index is 13.4. The molecular weight excluding hydrogens is 659 g/mol. The van der Waals surface area contributed by atoms with Crippen molar-refractivity contribution in [3.05, 3.63) is 102 Å². The molecule has 50 heavy (non-hydrogen) atoms. The van der Waals surface area contributed by atoms with Gasteiger partial charge in [0.1, 0.15) is 17.3 Å². The van der Waals surface area contributed by atoms with E-state index >= 15 is 0 Å². The Labute approximate surface area is 290 Å². The maximum Gasteiger partial charge on any atom is 0.335 e. The Morgan fingerprint density at radius 2 is 1.58 bits per heavy atom. The third kappa shape index (κ3) is 8.42. The van der Waals surface area contributed by atoms with Crippen molar-refractivity contribution in [1.29, 1.82) is 0 Å². The van der Waals surface area contributed by atoms with E-state index in [0.717, 1.165) is 17.2 Å². The Balaban J connectivity index is 1.39. The van der Waals surface area contributed by atoms with E-state index in [1.807, 2.05) is 52.0 Å². The van der Waals surface area contributed by atoms with Crippen molar-refractivity contribution >= 4 is 61.4 Å². The number of nitrogens with one attached hydrogen (secondary N) is 4. The molecule has 0 unspecified atom stereocenters. The second-order valence-corrected chi connectivity index (χ2v) is 14.3. The number of carboxylic acid groups (broad SMARTS) is 1. The minimum atomic E-state index is -3.64. The molecule has 260 valence electrons. The second-order valence-electron chi connectivity index (χ2n) is 12.6. The molecule has 0 spiro atoms. The van der Waals surface area contributed by atoms with Gasteiger partial charge in [0.05, 0.1) is 36.0 Å². The molecule has 1 aromatic heterocycles. The fourth-order valence-corrected chi connectivity index (χ4v) is 5.94. The maximum atomic E-state index is 13.4. The molecule has 0 aliphatic rings. The predicted molar refractivity (Wildman–Crippen MR) is 197 cm³/mol. The summed E-state index contributed by atoms with van der Waals surface area (Å²) in [5.74, 6) is 0.751. The minimum absolute atomic E-state index is 0.168. The molecule has 0 aliphatic heterocycles. The van der Waals surface area contributed by atoms with Crippen LogP contribution in [-0.4, -0.2) is 43.9 Å². The number of benzene rings is 4. The summed E-state index contributed by atoms with van der Waals surface area (Å²) in [4.78, 5) is 29.3. The highest BCUT2D eigenvalue weighted by molar-refractivity contribution is 7.92. The van der Waals surface area contributed by atoms with Crippen LogP contribution in [-0.2, 0) is 21.9 Å². The van der Waals surface area contributed by atoms with Crippen LogP contribution in [0.25, 0.3) is 10.8 Å². The number of sulfonamides is 1. The summed E-state index contributed by atoms with van der Waals surface area (Å²) in [7, 11) is -2.24. The quantitative estimate of drug-likeness (QED) is 0.0911. The number of amides is 2. The molecule has 5 N–H and O–H groups in total. The lowest BCUT2D eigenvalue weighted by atomic mass is 9.86. The van der Waals surface area contributed by atoms with E-state index in [4.69, 9.17) is 9.47 Å². The molecule has 0 saturated heterocycles. The number of rotatable bonds is 11. The van der Waals surface area contributed by atoms with Gasteiger partial charge in [0.25, 0.3) is 0 Å². The number of pyridine rings is 1. The zero-order valence-electron chi connectivity index (χ0n) is 28.5. The van der Waals surface area contributed by atoms with E-state index in [9.17, 15) is 23.1 Å². The van der Waals surface area contributed by atoms with Gasteiger partial charge in [-0.3, -0.25) is 4.72 Å². The molecule has 0 bridgehead atoms. The van der Waals surface area contributed by atoms with Gasteiger partial charge in [-0.15, -0.1) is 0 Å². The summed E-state index contributed by atoms with van der Waals surface area (Å²) >= 11 is 0. The summed E-state index contributed by atoms with van der Waals surface area (Å²) in [6.45, 7) is 7.83.